The molecule has 8 heteroatoms. The first-order valence-corrected chi connectivity index (χ1v) is 6.32. The van der Waals surface area contributed by atoms with E-state index in [1.165, 1.54) is 18.3 Å². The number of rotatable bonds is 6. The SMILES string of the molecule is CNNc1ccc(C(=O)NCCN2C(=O)C=CC2=O)cn1. The fourth-order valence-electron chi connectivity index (χ4n) is 1.77. The fraction of sp³-hybridized carbons (Fsp3) is 0.231. The van der Waals surface area contributed by atoms with Crippen LogP contribution in [-0.4, -0.2) is 47.7 Å². The molecule has 1 aromatic rings. The predicted molar refractivity (Wildman–Crippen MR) is 75.1 cm³/mol. The molecule has 0 spiro atoms. The van der Waals surface area contributed by atoms with Gasteiger partial charge in [0, 0.05) is 38.5 Å². The topological polar surface area (TPSA) is 103 Å². The third-order valence-electron chi connectivity index (χ3n) is 2.80. The molecule has 0 fully saturated rings. The summed E-state index contributed by atoms with van der Waals surface area (Å²) in [5.74, 6) is -0.448. The number of anilines is 1. The molecule has 21 heavy (non-hydrogen) atoms. The Morgan fingerprint density at radius 2 is 1.95 bits per heavy atom. The van der Waals surface area contributed by atoms with Crippen molar-refractivity contribution in [3.8, 4) is 0 Å². The number of amides is 3. The number of imide groups is 1. The minimum Gasteiger partial charge on any atom is -0.350 e. The van der Waals surface area contributed by atoms with Gasteiger partial charge in [0.2, 0.25) is 0 Å². The minimum atomic E-state index is -0.363. The van der Waals surface area contributed by atoms with Crippen molar-refractivity contribution in [3.63, 3.8) is 0 Å². The average molecular weight is 289 g/mol. The molecule has 2 heterocycles. The number of carbonyl (C=O) groups excluding carboxylic acids is 3. The van der Waals surface area contributed by atoms with Gasteiger partial charge in [0.15, 0.2) is 0 Å². The van der Waals surface area contributed by atoms with Crippen molar-refractivity contribution in [1.29, 1.82) is 0 Å². The first kappa shape index (κ1) is 14.7. The summed E-state index contributed by atoms with van der Waals surface area (Å²) in [5.41, 5.74) is 5.90. The molecule has 0 saturated carbocycles. The number of hydrogen-bond donors (Lipinski definition) is 3. The van der Waals surface area contributed by atoms with Gasteiger partial charge in [-0.15, -0.1) is 0 Å². The van der Waals surface area contributed by atoms with Gasteiger partial charge in [-0.2, -0.15) is 0 Å². The second-order valence-electron chi connectivity index (χ2n) is 4.22. The van der Waals surface area contributed by atoms with Crippen LogP contribution >= 0.6 is 0 Å². The lowest BCUT2D eigenvalue weighted by molar-refractivity contribution is -0.136. The third-order valence-corrected chi connectivity index (χ3v) is 2.80. The highest BCUT2D eigenvalue weighted by Gasteiger charge is 2.22. The highest BCUT2D eigenvalue weighted by molar-refractivity contribution is 6.12. The normalized spacial score (nSPS) is 13.7. The smallest absolute Gasteiger partial charge is 0.253 e. The third kappa shape index (κ3) is 3.63. The maximum atomic E-state index is 11.9. The number of hydrogen-bond acceptors (Lipinski definition) is 6. The molecular formula is C13H15N5O3. The predicted octanol–water partition coefficient (Wildman–Crippen LogP) is -0.717. The van der Waals surface area contributed by atoms with Crippen molar-refractivity contribution in [2.45, 2.75) is 0 Å². The van der Waals surface area contributed by atoms with Gasteiger partial charge in [0.25, 0.3) is 17.7 Å². The summed E-state index contributed by atoms with van der Waals surface area (Å²) in [4.78, 5) is 39.6. The van der Waals surface area contributed by atoms with Crippen LogP contribution in [-0.2, 0) is 9.59 Å². The lowest BCUT2D eigenvalue weighted by Crippen LogP contribution is -2.38. The Hall–Kier alpha value is -2.74. The zero-order valence-corrected chi connectivity index (χ0v) is 11.4. The molecule has 0 aromatic carbocycles. The van der Waals surface area contributed by atoms with Crippen LogP contribution in [0.2, 0.25) is 0 Å². The fourth-order valence-corrected chi connectivity index (χ4v) is 1.77. The van der Waals surface area contributed by atoms with Crippen LogP contribution in [0.4, 0.5) is 5.82 Å². The van der Waals surface area contributed by atoms with E-state index in [1.807, 2.05) is 0 Å². The largest absolute Gasteiger partial charge is 0.350 e. The second-order valence-corrected chi connectivity index (χ2v) is 4.22. The molecule has 110 valence electrons. The number of hydrazine groups is 1. The zero-order chi connectivity index (χ0) is 15.2. The molecule has 1 aliphatic heterocycles. The number of nitrogens with zero attached hydrogens (tertiary/aromatic N) is 2. The van der Waals surface area contributed by atoms with E-state index in [2.05, 4.69) is 21.2 Å². The van der Waals surface area contributed by atoms with E-state index >= 15 is 0 Å². The van der Waals surface area contributed by atoms with E-state index in [0.29, 0.717) is 11.4 Å². The van der Waals surface area contributed by atoms with E-state index < -0.39 is 0 Å². The van der Waals surface area contributed by atoms with Crippen LogP contribution in [0, 0.1) is 0 Å². The van der Waals surface area contributed by atoms with Crippen LogP contribution in [0.3, 0.4) is 0 Å². The molecule has 1 aliphatic rings. The molecule has 0 unspecified atom stereocenters. The van der Waals surface area contributed by atoms with Gasteiger partial charge < -0.3 is 10.7 Å². The van der Waals surface area contributed by atoms with E-state index in [-0.39, 0.29) is 30.8 Å². The highest BCUT2D eigenvalue weighted by Crippen LogP contribution is 2.04. The molecule has 0 aliphatic carbocycles. The van der Waals surface area contributed by atoms with Crippen molar-refractivity contribution in [3.05, 3.63) is 36.0 Å². The molecular weight excluding hydrogens is 274 g/mol. The zero-order valence-electron chi connectivity index (χ0n) is 11.4. The molecule has 2 rings (SSSR count). The molecule has 0 saturated heterocycles. The number of pyridine rings is 1. The summed E-state index contributed by atoms with van der Waals surface area (Å²) in [5, 5.41) is 2.63. The van der Waals surface area contributed by atoms with Crippen molar-refractivity contribution in [2.24, 2.45) is 0 Å². The Balaban J connectivity index is 1.82. The van der Waals surface area contributed by atoms with Crippen molar-refractivity contribution in [2.75, 3.05) is 25.6 Å². The molecule has 0 radical (unpaired) electrons. The molecule has 8 nitrogen and oxygen atoms in total. The van der Waals surface area contributed by atoms with Crippen LogP contribution in [0.5, 0.6) is 0 Å². The first-order chi connectivity index (χ1) is 10.1. The lowest BCUT2D eigenvalue weighted by Gasteiger charge is -2.14. The van der Waals surface area contributed by atoms with Gasteiger partial charge in [-0.25, -0.2) is 10.4 Å². The van der Waals surface area contributed by atoms with E-state index in [1.54, 1.807) is 19.2 Å². The Morgan fingerprint density at radius 3 is 2.52 bits per heavy atom. The van der Waals surface area contributed by atoms with E-state index in [9.17, 15) is 14.4 Å². The van der Waals surface area contributed by atoms with Crippen molar-refractivity contribution < 1.29 is 14.4 Å². The number of nitrogens with one attached hydrogen (secondary N) is 3. The molecule has 0 atom stereocenters. The molecule has 0 bridgehead atoms. The van der Waals surface area contributed by atoms with Gasteiger partial charge >= 0.3 is 0 Å². The lowest BCUT2D eigenvalue weighted by atomic mass is 10.2. The van der Waals surface area contributed by atoms with E-state index in [0.717, 1.165) is 4.90 Å². The maximum absolute atomic E-state index is 11.9. The van der Waals surface area contributed by atoms with Crippen LogP contribution in [0.1, 0.15) is 10.4 Å². The summed E-state index contributed by atoms with van der Waals surface area (Å²) in [7, 11) is 1.71. The molecule has 3 amide bonds. The number of aromatic nitrogens is 1. The maximum Gasteiger partial charge on any atom is 0.253 e. The van der Waals surface area contributed by atoms with Crippen LogP contribution in [0.15, 0.2) is 30.5 Å². The highest BCUT2D eigenvalue weighted by atomic mass is 16.2. The van der Waals surface area contributed by atoms with Crippen LogP contribution < -0.4 is 16.2 Å². The van der Waals surface area contributed by atoms with Gasteiger partial charge in [-0.05, 0) is 12.1 Å². The summed E-state index contributed by atoms with van der Waals surface area (Å²) >= 11 is 0. The second kappa shape index (κ2) is 6.62. The van der Waals surface area contributed by atoms with Gasteiger partial charge in [0.05, 0.1) is 5.56 Å². The Labute approximate surface area is 121 Å². The summed E-state index contributed by atoms with van der Waals surface area (Å²) < 4.78 is 0. The first-order valence-electron chi connectivity index (χ1n) is 6.32. The Bertz CT molecular complexity index is 564. The minimum absolute atomic E-state index is 0.142. The Morgan fingerprint density at radius 1 is 1.24 bits per heavy atom. The van der Waals surface area contributed by atoms with Gasteiger partial charge in [0.1, 0.15) is 5.82 Å². The molecule has 3 N–H and O–H groups in total. The van der Waals surface area contributed by atoms with Crippen molar-refractivity contribution >= 4 is 23.5 Å². The Kier molecular flexibility index (Phi) is 4.62. The monoisotopic (exact) mass is 289 g/mol. The number of carbonyl (C=O) groups is 3. The average Bonchev–Trinajstić information content (AvgIpc) is 2.80. The summed E-state index contributed by atoms with van der Waals surface area (Å²) in [6.45, 7) is 0.331. The quantitative estimate of drug-likeness (QED) is 0.472. The molecule has 1 aromatic heterocycles. The summed E-state index contributed by atoms with van der Waals surface area (Å²) in [6.07, 6.45) is 3.85. The van der Waals surface area contributed by atoms with Gasteiger partial charge in [-0.3, -0.25) is 19.3 Å². The van der Waals surface area contributed by atoms with Crippen molar-refractivity contribution in [1.82, 2.24) is 20.6 Å². The van der Waals surface area contributed by atoms with Gasteiger partial charge in [-0.1, -0.05) is 0 Å². The van der Waals surface area contributed by atoms with Crippen LogP contribution in [0.25, 0.3) is 0 Å². The standard InChI is InChI=1S/C13H15N5O3/c1-14-17-10-3-2-9(8-16-10)13(21)15-6-7-18-11(19)4-5-12(18)20/h2-5,8,14H,6-7H2,1H3,(H,15,21)(H,16,17). The summed E-state index contributed by atoms with van der Waals surface area (Å²) in [6, 6.07) is 3.28. The van der Waals surface area contributed by atoms with E-state index in [4.69, 9.17) is 0 Å².